The Kier molecular flexibility index (Phi) is 6.78. The van der Waals surface area contributed by atoms with E-state index in [0.717, 1.165) is 0 Å². The van der Waals surface area contributed by atoms with Gasteiger partial charge in [0.15, 0.2) is 0 Å². The molecule has 0 bridgehead atoms. The van der Waals surface area contributed by atoms with Gasteiger partial charge in [-0.1, -0.05) is 202 Å². The summed E-state index contributed by atoms with van der Waals surface area (Å²) in [6.07, 6.45) is 0. The summed E-state index contributed by atoms with van der Waals surface area (Å²) in [5.41, 5.74) is 13.0. The maximum Gasteiger partial charge on any atom is 0.0171 e. The van der Waals surface area contributed by atoms with Crippen LogP contribution in [0, 0.1) is 0 Å². The Bertz CT molecular complexity index is 3430. The molecular formula is C57H38. The van der Waals surface area contributed by atoms with Crippen LogP contribution in [-0.4, -0.2) is 0 Å². The first kappa shape index (κ1) is 32.2. The molecule has 1 aliphatic rings. The monoisotopic (exact) mass is 722 g/mol. The highest BCUT2D eigenvalue weighted by Crippen LogP contribution is 2.57. The van der Waals surface area contributed by atoms with Gasteiger partial charge in [-0.05, 0) is 126 Å². The molecule has 12 rings (SSSR count). The fourth-order valence-corrected chi connectivity index (χ4v) is 10.7. The summed E-state index contributed by atoms with van der Waals surface area (Å²) in [5.74, 6) is 0. The molecule has 0 aromatic heterocycles. The van der Waals surface area contributed by atoms with Gasteiger partial charge in [-0.3, -0.25) is 0 Å². The smallest absolute Gasteiger partial charge is 0.0171 e. The summed E-state index contributed by atoms with van der Waals surface area (Å²) < 4.78 is 0. The molecule has 0 saturated heterocycles. The number of rotatable bonds is 3. The van der Waals surface area contributed by atoms with Gasteiger partial charge in [0.25, 0.3) is 0 Å². The molecule has 0 N–H and O–H groups in total. The normalized spacial score (nSPS) is 13.2. The molecule has 0 aliphatic heterocycles. The molecule has 0 unspecified atom stereocenters. The molecule has 57 heavy (non-hydrogen) atoms. The minimum atomic E-state index is -0.203. The third kappa shape index (κ3) is 4.50. The van der Waals surface area contributed by atoms with Crippen molar-refractivity contribution in [1.82, 2.24) is 0 Å². The lowest BCUT2D eigenvalue weighted by Gasteiger charge is -2.26. The van der Waals surface area contributed by atoms with Crippen LogP contribution in [-0.2, 0) is 5.41 Å². The van der Waals surface area contributed by atoms with Crippen LogP contribution in [0.25, 0.3) is 109 Å². The SMILES string of the molecule is CC1(C)c2c(-c3cccc(-c4c5ccccc5c(-c5cccc6c5ccc5ccccc56)c5ccccc45)c3)cccc2-c2c1c1ccccc1c1ccccc21. The lowest BCUT2D eigenvalue weighted by atomic mass is 9.76. The van der Waals surface area contributed by atoms with Gasteiger partial charge in [-0.25, -0.2) is 0 Å². The molecule has 0 saturated carbocycles. The molecule has 0 radical (unpaired) electrons. The van der Waals surface area contributed by atoms with Gasteiger partial charge in [0, 0.05) is 5.41 Å². The first-order chi connectivity index (χ1) is 28.1. The van der Waals surface area contributed by atoms with Gasteiger partial charge in [-0.15, -0.1) is 0 Å². The fraction of sp³-hybridized carbons (Fsp3) is 0.0526. The second kappa shape index (κ2) is 12.0. The quantitative estimate of drug-likeness (QED) is 0.126. The van der Waals surface area contributed by atoms with Crippen LogP contribution in [0.2, 0.25) is 0 Å². The molecule has 0 heteroatoms. The molecule has 0 spiro atoms. The molecule has 0 amide bonds. The number of hydrogen-bond acceptors (Lipinski definition) is 0. The van der Waals surface area contributed by atoms with E-state index in [4.69, 9.17) is 0 Å². The molecule has 0 atom stereocenters. The van der Waals surface area contributed by atoms with E-state index >= 15 is 0 Å². The van der Waals surface area contributed by atoms with Crippen molar-refractivity contribution in [2.75, 3.05) is 0 Å². The summed E-state index contributed by atoms with van der Waals surface area (Å²) in [6.45, 7) is 4.87. The van der Waals surface area contributed by atoms with E-state index < -0.39 is 0 Å². The Morgan fingerprint density at radius 3 is 1.42 bits per heavy atom. The van der Waals surface area contributed by atoms with E-state index in [1.807, 2.05) is 0 Å². The van der Waals surface area contributed by atoms with E-state index in [1.165, 1.54) is 120 Å². The minimum Gasteiger partial charge on any atom is -0.0616 e. The van der Waals surface area contributed by atoms with Gasteiger partial charge < -0.3 is 0 Å². The van der Waals surface area contributed by atoms with Crippen LogP contribution < -0.4 is 0 Å². The summed E-state index contributed by atoms with van der Waals surface area (Å²) in [5, 5.41) is 15.5. The highest BCUT2D eigenvalue weighted by molar-refractivity contribution is 6.25. The van der Waals surface area contributed by atoms with E-state index in [2.05, 4.69) is 208 Å². The second-order valence-electron chi connectivity index (χ2n) is 16.3. The summed E-state index contributed by atoms with van der Waals surface area (Å²) >= 11 is 0. The number of benzene rings is 11. The zero-order valence-electron chi connectivity index (χ0n) is 32.0. The van der Waals surface area contributed by atoms with Gasteiger partial charge in [-0.2, -0.15) is 0 Å². The topological polar surface area (TPSA) is 0 Å². The lowest BCUT2D eigenvalue weighted by Crippen LogP contribution is -2.17. The fourth-order valence-electron chi connectivity index (χ4n) is 10.7. The van der Waals surface area contributed by atoms with Crippen molar-refractivity contribution >= 4 is 64.6 Å². The van der Waals surface area contributed by atoms with Gasteiger partial charge in [0.1, 0.15) is 0 Å². The average Bonchev–Trinajstić information content (AvgIpc) is 3.52. The number of hydrogen-bond donors (Lipinski definition) is 0. The lowest BCUT2D eigenvalue weighted by molar-refractivity contribution is 0.668. The maximum absolute atomic E-state index is 2.45. The largest absolute Gasteiger partial charge is 0.0616 e. The van der Waals surface area contributed by atoms with Crippen LogP contribution in [0.5, 0.6) is 0 Å². The van der Waals surface area contributed by atoms with Gasteiger partial charge in [0.05, 0.1) is 0 Å². The van der Waals surface area contributed by atoms with Crippen molar-refractivity contribution < 1.29 is 0 Å². The van der Waals surface area contributed by atoms with Crippen molar-refractivity contribution in [2.45, 2.75) is 19.3 Å². The van der Waals surface area contributed by atoms with Gasteiger partial charge in [0.2, 0.25) is 0 Å². The summed E-state index contributed by atoms with van der Waals surface area (Å²) in [6, 6.07) is 72.5. The molecular weight excluding hydrogens is 685 g/mol. The zero-order valence-corrected chi connectivity index (χ0v) is 32.0. The Balaban J connectivity index is 1.10. The van der Waals surface area contributed by atoms with Crippen LogP contribution in [0.4, 0.5) is 0 Å². The van der Waals surface area contributed by atoms with Crippen LogP contribution in [0.3, 0.4) is 0 Å². The first-order valence-electron chi connectivity index (χ1n) is 20.1. The standard InChI is InChI=1S/C57H38/c1-57(2)55-39(28-14-31-51(55)54-45-22-7-5-20-41(45)42-21-6-12-27-50(42)56(54)57)36-17-13-18-37(34-36)52-46-23-8-10-25-48(46)53(49-26-11-9-24-47(49)52)44-30-15-29-40-38-19-4-3-16-35(38)32-33-43(40)44/h3-34H,1-2H3. The van der Waals surface area contributed by atoms with E-state index in [0.29, 0.717) is 0 Å². The molecule has 0 nitrogen and oxygen atoms in total. The molecule has 1 aliphatic carbocycles. The van der Waals surface area contributed by atoms with Crippen molar-refractivity contribution in [3.63, 3.8) is 0 Å². The third-order valence-corrected chi connectivity index (χ3v) is 13.0. The average molecular weight is 723 g/mol. The Labute approximate surface area is 332 Å². The van der Waals surface area contributed by atoms with Crippen LogP contribution >= 0.6 is 0 Å². The minimum absolute atomic E-state index is 0.203. The third-order valence-electron chi connectivity index (χ3n) is 13.0. The Morgan fingerprint density at radius 2 is 0.719 bits per heavy atom. The van der Waals surface area contributed by atoms with E-state index in [9.17, 15) is 0 Å². The van der Waals surface area contributed by atoms with E-state index in [-0.39, 0.29) is 5.41 Å². The molecule has 266 valence electrons. The van der Waals surface area contributed by atoms with Gasteiger partial charge >= 0.3 is 0 Å². The zero-order chi connectivity index (χ0) is 37.8. The molecule has 0 heterocycles. The van der Waals surface area contributed by atoms with Crippen LogP contribution in [0.1, 0.15) is 25.0 Å². The highest BCUT2D eigenvalue weighted by atomic mass is 14.4. The Morgan fingerprint density at radius 1 is 0.263 bits per heavy atom. The summed E-state index contributed by atoms with van der Waals surface area (Å²) in [4.78, 5) is 0. The first-order valence-corrected chi connectivity index (χ1v) is 20.1. The number of fused-ring (bicyclic) bond motifs is 13. The highest BCUT2D eigenvalue weighted by Gasteiger charge is 2.40. The van der Waals surface area contributed by atoms with Crippen molar-refractivity contribution in [3.8, 4) is 44.5 Å². The van der Waals surface area contributed by atoms with E-state index in [1.54, 1.807) is 0 Å². The predicted molar refractivity (Wildman–Crippen MR) is 245 cm³/mol. The molecule has 11 aromatic rings. The molecule has 11 aromatic carbocycles. The van der Waals surface area contributed by atoms with Crippen molar-refractivity contribution in [1.29, 1.82) is 0 Å². The van der Waals surface area contributed by atoms with Crippen LogP contribution in [0.15, 0.2) is 194 Å². The molecule has 0 fully saturated rings. The maximum atomic E-state index is 2.45. The summed E-state index contributed by atoms with van der Waals surface area (Å²) in [7, 11) is 0. The van der Waals surface area contributed by atoms with Crippen molar-refractivity contribution in [3.05, 3.63) is 205 Å². The van der Waals surface area contributed by atoms with Crippen molar-refractivity contribution in [2.24, 2.45) is 0 Å². The second-order valence-corrected chi connectivity index (χ2v) is 16.3. The predicted octanol–water partition coefficient (Wildman–Crippen LogP) is 15.9. The Hall–Kier alpha value is -7.02.